The first kappa shape index (κ1) is 17.9. The van der Waals surface area contributed by atoms with E-state index in [2.05, 4.69) is 0 Å². The van der Waals surface area contributed by atoms with Gasteiger partial charge in [-0.3, -0.25) is 4.79 Å². The summed E-state index contributed by atoms with van der Waals surface area (Å²) in [5.74, 6) is -20.3. The Morgan fingerprint density at radius 3 is 1.12 bits per heavy atom. The number of hydrogen-bond acceptors (Lipinski definition) is 1. The van der Waals surface area contributed by atoms with Gasteiger partial charge in [-0.15, -0.1) is 0 Å². The molecule has 0 fully saturated rings. The largest absolute Gasteiger partial charge is 0.299 e. The van der Waals surface area contributed by atoms with Gasteiger partial charge in [0.2, 0.25) is 0 Å². The molecule has 2 aromatic carbocycles. The molecule has 0 spiro atoms. The minimum absolute atomic E-state index is 0.190. The summed E-state index contributed by atoms with van der Waals surface area (Å²) in [7, 11) is 0. The van der Waals surface area contributed by atoms with E-state index in [0.717, 1.165) is 0 Å². The molecule has 0 atom stereocenters. The molecule has 9 heteroatoms. The summed E-state index contributed by atoms with van der Waals surface area (Å²) in [6.45, 7) is 0.577. The molecule has 0 aliphatic carbocycles. The molecule has 1 nitrogen and oxygen atoms in total. The molecule has 128 valence electrons. The molecule has 0 aromatic heterocycles. The predicted molar refractivity (Wildman–Crippen MR) is 65.1 cm³/mol. The second-order valence-electron chi connectivity index (χ2n) is 4.81. The highest BCUT2D eigenvalue weighted by Crippen LogP contribution is 2.36. The van der Waals surface area contributed by atoms with Gasteiger partial charge < -0.3 is 0 Å². The number of rotatable bonds is 3. The highest BCUT2D eigenvalue weighted by molar-refractivity contribution is 5.87. The first-order valence-electron chi connectivity index (χ1n) is 6.24. The highest BCUT2D eigenvalue weighted by atomic mass is 19.2. The van der Waals surface area contributed by atoms with Crippen LogP contribution in [0.15, 0.2) is 12.1 Å². The number of benzene rings is 2. The number of ketones is 1. The fourth-order valence-electron chi connectivity index (χ4n) is 2.24. The molecule has 2 rings (SSSR count). The topological polar surface area (TPSA) is 17.1 Å². The van der Waals surface area contributed by atoms with E-state index in [0.29, 0.717) is 6.92 Å². The molecule has 0 heterocycles. The van der Waals surface area contributed by atoms with Crippen molar-refractivity contribution in [3.63, 3.8) is 0 Å². The van der Waals surface area contributed by atoms with Crippen molar-refractivity contribution in [3.8, 4) is 0 Å². The Balaban J connectivity index is 2.92. The molecule has 0 radical (unpaired) electrons. The summed E-state index contributed by atoms with van der Waals surface area (Å²) in [5.41, 5.74) is -3.38. The summed E-state index contributed by atoms with van der Waals surface area (Å²) in [5, 5.41) is 0. The van der Waals surface area contributed by atoms with Crippen LogP contribution in [0, 0.1) is 46.5 Å². The van der Waals surface area contributed by atoms with E-state index in [-0.39, 0.29) is 12.1 Å². The van der Waals surface area contributed by atoms with E-state index in [1.54, 1.807) is 0 Å². The van der Waals surface area contributed by atoms with E-state index in [1.807, 2.05) is 0 Å². The van der Waals surface area contributed by atoms with Crippen LogP contribution in [0.4, 0.5) is 35.1 Å². The molecule has 0 saturated carbocycles. The van der Waals surface area contributed by atoms with Gasteiger partial charge in [0, 0.05) is 23.3 Å². The zero-order valence-corrected chi connectivity index (χ0v) is 11.7. The van der Waals surface area contributed by atoms with Crippen molar-refractivity contribution in [2.75, 3.05) is 0 Å². The molecule has 0 aliphatic rings. The van der Waals surface area contributed by atoms with E-state index in [9.17, 15) is 39.9 Å². The third-order valence-corrected chi connectivity index (χ3v) is 3.28. The molecule has 0 saturated heterocycles. The molecule has 0 amide bonds. The lowest BCUT2D eigenvalue weighted by molar-refractivity contribution is -0.117. The summed E-state index contributed by atoms with van der Waals surface area (Å²) in [6.07, 6.45) is 0. The van der Waals surface area contributed by atoms with Crippen molar-refractivity contribution in [1.82, 2.24) is 0 Å². The van der Waals surface area contributed by atoms with E-state index in [4.69, 9.17) is 0 Å². The van der Waals surface area contributed by atoms with Gasteiger partial charge in [-0.25, -0.2) is 35.1 Å². The van der Waals surface area contributed by atoms with E-state index >= 15 is 0 Å². The predicted octanol–water partition coefficient (Wildman–Crippen LogP) is 4.52. The van der Waals surface area contributed by atoms with Gasteiger partial charge in [0.1, 0.15) is 5.78 Å². The van der Waals surface area contributed by atoms with Crippen molar-refractivity contribution in [3.05, 3.63) is 69.8 Å². The second kappa shape index (κ2) is 6.21. The first-order chi connectivity index (χ1) is 11.1. The Kier molecular flexibility index (Phi) is 4.63. The quantitative estimate of drug-likeness (QED) is 0.585. The Labute approximate surface area is 129 Å². The maximum atomic E-state index is 13.8. The monoisotopic (exact) mass is 354 g/mol. The Morgan fingerprint density at radius 1 is 0.667 bits per heavy atom. The van der Waals surface area contributed by atoms with Crippen LogP contribution in [-0.4, -0.2) is 5.78 Å². The maximum absolute atomic E-state index is 13.8. The third kappa shape index (κ3) is 2.74. The number of halogens is 8. The molecule has 0 unspecified atom stereocenters. The summed E-state index contributed by atoms with van der Waals surface area (Å²) < 4.78 is 109. The van der Waals surface area contributed by atoms with Crippen LogP contribution >= 0.6 is 0 Å². The van der Waals surface area contributed by atoms with Crippen molar-refractivity contribution in [2.45, 2.75) is 12.8 Å². The van der Waals surface area contributed by atoms with Crippen molar-refractivity contribution in [1.29, 1.82) is 0 Å². The summed E-state index contributed by atoms with van der Waals surface area (Å²) in [4.78, 5) is 11.6. The normalized spacial score (nSPS) is 11.2. The number of carbonyl (C=O) groups excluding carboxylic acids is 1. The molecular formula is C15H6F8O. The van der Waals surface area contributed by atoms with Crippen molar-refractivity contribution in [2.24, 2.45) is 0 Å². The van der Waals surface area contributed by atoms with Crippen LogP contribution < -0.4 is 0 Å². The summed E-state index contributed by atoms with van der Waals surface area (Å²) >= 11 is 0. The number of hydrogen-bond donors (Lipinski definition) is 0. The molecular weight excluding hydrogens is 348 g/mol. The molecule has 0 bridgehead atoms. The van der Waals surface area contributed by atoms with Crippen LogP contribution in [0.2, 0.25) is 0 Å². The molecule has 0 aliphatic heterocycles. The van der Waals surface area contributed by atoms with Crippen LogP contribution in [-0.2, 0) is 4.79 Å². The van der Waals surface area contributed by atoms with Crippen LogP contribution in [0.25, 0.3) is 0 Å². The Morgan fingerprint density at radius 2 is 0.917 bits per heavy atom. The zero-order chi connectivity index (χ0) is 18.3. The van der Waals surface area contributed by atoms with Crippen molar-refractivity contribution < 1.29 is 39.9 Å². The second-order valence-corrected chi connectivity index (χ2v) is 4.81. The Hall–Kier alpha value is -2.45. The van der Waals surface area contributed by atoms with E-state index in [1.165, 1.54) is 0 Å². The molecule has 2 aromatic rings. The van der Waals surface area contributed by atoms with Crippen molar-refractivity contribution >= 4 is 5.78 Å². The van der Waals surface area contributed by atoms with Gasteiger partial charge >= 0.3 is 0 Å². The Bertz CT molecular complexity index is 730. The minimum Gasteiger partial charge on any atom is -0.299 e. The van der Waals surface area contributed by atoms with Gasteiger partial charge in [-0.1, -0.05) is 0 Å². The molecule has 0 N–H and O–H groups in total. The lowest BCUT2D eigenvalue weighted by atomic mass is 9.86. The van der Waals surface area contributed by atoms with Gasteiger partial charge in [-0.05, 0) is 6.92 Å². The third-order valence-electron chi connectivity index (χ3n) is 3.28. The van der Waals surface area contributed by atoms with E-state index < -0.39 is 69.4 Å². The van der Waals surface area contributed by atoms with Crippen LogP contribution in [0.5, 0.6) is 0 Å². The lowest BCUT2D eigenvalue weighted by Crippen LogP contribution is -2.20. The standard InChI is InChI=1S/C15H6F8O/c1-4(24)9(10-12(20)5(16)2-6(17)13(10)21)11-14(22)7(18)3-8(19)15(11)23/h2-3,9H,1H3. The highest BCUT2D eigenvalue weighted by Gasteiger charge is 2.36. The fourth-order valence-corrected chi connectivity index (χ4v) is 2.24. The smallest absolute Gasteiger partial charge is 0.166 e. The maximum Gasteiger partial charge on any atom is 0.166 e. The minimum atomic E-state index is -2.64. The average molecular weight is 354 g/mol. The number of Topliss-reactive ketones (excluding diaryl/α,β-unsaturated/α-hetero) is 1. The molecule has 24 heavy (non-hydrogen) atoms. The van der Waals surface area contributed by atoms with Gasteiger partial charge in [0.25, 0.3) is 0 Å². The van der Waals surface area contributed by atoms with Gasteiger partial charge in [-0.2, -0.15) is 0 Å². The van der Waals surface area contributed by atoms with Crippen LogP contribution in [0.1, 0.15) is 24.0 Å². The summed E-state index contributed by atoms with van der Waals surface area (Å²) in [6, 6.07) is -0.380. The zero-order valence-electron chi connectivity index (χ0n) is 11.7. The first-order valence-corrected chi connectivity index (χ1v) is 6.24. The fraction of sp³-hybridized carbons (Fsp3) is 0.133. The van der Waals surface area contributed by atoms with Gasteiger partial charge in [0.15, 0.2) is 46.5 Å². The lowest BCUT2D eigenvalue weighted by Gasteiger charge is -2.19. The number of carbonyl (C=O) groups is 1. The van der Waals surface area contributed by atoms with Crippen LogP contribution in [0.3, 0.4) is 0 Å². The SMILES string of the molecule is CC(=O)C(c1c(F)c(F)cc(F)c1F)c1c(F)c(F)cc(F)c1F. The van der Waals surface area contributed by atoms with Gasteiger partial charge in [0.05, 0.1) is 5.92 Å². The average Bonchev–Trinajstić information content (AvgIpc) is 2.49.